The molecule has 1 aliphatic carbocycles. The van der Waals surface area contributed by atoms with Gasteiger partial charge >= 0.3 is 0 Å². The van der Waals surface area contributed by atoms with Crippen molar-refractivity contribution in [3.8, 4) is 11.5 Å². The summed E-state index contributed by atoms with van der Waals surface area (Å²) in [6.07, 6.45) is 7.34. The van der Waals surface area contributed by atoms with E-state index in [1.165, 1.54) is 6.33 Å². The second-order valence-corrected chi connectivity index (χ2v) is 9.39. The SMILES string of the molecule is Cn1c(CNc2cccc(C(=O)NC3(C4=NCCS4)CCCC3)c2)nnc1-c1ccncn1. The normalized spacial score (nSPS) is 17.1. The second-order valence-electron chi connectivity index (χ2n) is 8.31. The first-order chi connectivity index (χ1) is 16.1. The fraction of sp³-hybridized carbons (Fsp3) is 0.391. The van der Waals surface area contributed by atoms with Crippen LogP contribution in [0.5, 0.6) is 0 Å². The Bertz CT molecular complexity index is 1170. The van der Waals surface area contributed by atoms with Gasteiger partial charge in [-0.25, -0.2) is 9.97 Å². The van der Waals surface area contributed by atoms with Crippen molar-refractivity contribution >= 4 is 28.4 Å². The Morgan fingerprint density at radius 3 is 2.85 bits per heavy atom. The fourth-order valence-electron chi connectivity index (χ4n) is 4.40. The van der Waals surface area contributed by atoms with Crippen LogP contribution >= 0.6 is 11.8 Å². The number of thioether (sulfide) groups is 1. The lowest BCUT2D eigenvalue weighted by Gasteiger charge is -2.30. The van der Waals surface area contributed by atoms with Crippen molar-refractivity contribution in [1.82, 2.24) is 30.0 Å². The lowest BCUT2D eigenvalue weighted by Crippen LogP contribution is -2.51. The zero-order chi connectivity index (χ0) is 22.7. The van der Waals surface area contributed by atoms with Crippen LogP contribution in [0.1, 0.15) is 41.9 Å². The minimum Gasteiger partial charge on any atom is -0.378 e. The summed E-state index contributed by atoms with van der Waals surface area (Å²) in [5.74, 6) is 2.39. The topological polar surface area (TPSA) is 110 Å². The summed E-state index contributed by atoms with van der Waals surface area (Å²) in [6, 6.07) is 9.37. The molecule has 33 heavy (non-hydrogen) atoms. The number of aliphatic imine (C=N–C) groups is 1. The maximum atomic E-state index is 13.2. The monoisotopic (exact) mass is 462 g/mol. The summed E-state index contributed by atoms with van der Waals surface area (Å²) in [7, 11) is 1.91. The third-order valence-electron chi connectivity index (χ3n) is 6.16. The molecule has 2 aliphatic rings. The molecule has 0 saturated heterocycles. The highest BCUT2D eigenvalue weighted by Gasteiger charge is 2.41. The number of nitrogens with zero attached hydrogens (tertiary/aromatic N) is 6. The average molecular weight is 463 g/mol. The van der Waals surface area contributed by atoms with E-state index in [0.717, 1.165) is 60.2 Å². The van der Waals surface area contributed by atoms with Crippen molar-refractivity contribution in [2.45, 2.75) is 37.8 Å². The Balaban J connectivity index is 1.27. The van der Waals surface area contributed by atoms with Crippen molar-refractivity contribution in [3.05, 3.63) is 54.2 Å². The molecule has 0 bridgehead atoms. The number of anilines is 1. The van der Waals surface area contributed by atoms with Crippen molar-refractivity contribution in [1.29, 1.82) is 0 Å². The van der Waals surface area contributed by atoms with Crippen LogP contribution in [0.3, 0.4) is 0 Å². The predicted molar refractivity (Wildman–Crippen MR) is 129 cm³/mol. The van der Waals surface area contributed by atoms with Gasteiger partial charge in [0, 0.05) is 36.8 Å². The van der Waals surface area contributed by atoms with Crippen LogP contribution < -0.4 is 10.6 Å². The van der Waals surface area contributed by atoms with Crippen molar-refractivity contribution in [3.63, 3.8) is 0 Å². The van der Waals surface area contributed by atoms with Crippen LogP contribution in [0.25, 0.3) is 11.5 Å². The molecule has 170 valence electrons. The molecule has 10 heteroatoms. The Labute approximate surface area is 196 Å². The number of amides is 1. The van der Waals surface area contributed by atoms with Gasteiger partial charge in [0.1, 0.15) is 12.0 Å². The Morgan fingerprint density at radius 2 is 2.09 bits per heavy atom. The molecular weight excluding hydrogens is 436 g/mol. The minimum atomic E-state index is -0.294. The predicted octanol–water partition coefficient (Wildman–Crippen LogP) is 3.07. The summed E-state index contributed by atoms with van der Waals surface area (Å²) in [6.45, 7) is 1.31. The number of carbonyl (C=O) groups is 1. The van der Waals surface area contributed by atoms with Crippen molar-refractivity contribution in [2.75, 3.05) is 17.6 Å². The third-order valence-corrected chi connectivity index (χ3v) is 7.34. The van der Waals surface area contributed by atoms with Gasteiger partial charge in [-0.05, 0) is 37.1 Å². The summed E-state index contributed by atoms with van der Waals surface area (Å²) >= 11 is 1.79. The fourth-order valence-corrected chi connectivity index (χ4v) is 5.49. The summed E-state index contributed by atoms with van der Waals surface area (Å²) in [5, 5.41) is 16.3. The van der Waals surface area contributed by atoms with Gasteiger partial charge in [0.2, 0.25) is 0 Å². The van der Waals surface area contributed by atoms with Crippen molar-refractivity contribution in [2.24, 2.45) is 12.0 Å². The molecule has 1 aromatic carbocycles. The molecule has 3 aromatic rings. The number of nitrogens with one attached hydrogen (secondary N) is 2. The highest BCUT2D eigenvalue weighted by molar-refractivity contribution is 8.14. The highest BCUT2D eigenvalue weighted by Crippen LogP contribution is 2.37. The summed E-state index contributed by atoms with van der Waals surface area (Å²) in [4.78, 5) is 26.0. The zero-order valence-electron chi connectivity index (χ0n) is 18.5. The van der Waals surface area contributed by atoms with Crippen molar-refractivity contribution < 1.29 is 4.79 Å². The molecule has 9 nitrogen and oxygen atoms in total. The van der Waals surface area contributed by atoms with Gasteiger partial charge < -0.3 is 15.2 Å². The first-order valence-electron chi connectivity index (χ1n) is 11.1. The highest BCUT2D eigenvalue weighted by atomic mass is 32.2. The van der Waals surface area contributed by atoms with Gasteiger partial charge in [-0.15, -0.1) is 22.0 Å². The summed E-state index contributed by atoms with van der Waals surface area (Å²) < 4.78 is 1.90. The molecule has 0 unspecified atom stereocenters. The first kappa shape index (κ1) is 21.6. The Morgan fingerprint density at radius 1 is 1.21 bits per heavy atom. The van der Waals surface area contributed by atoms with E-state index in [1.54, 1.807) is 24.0 Å². The van der Waals surface area contributed by atoms with Gasteiger partial charge in [0.25, 0.3) is 5.91 Å². The Hall–Kier alpha value is -3.27. The van der Waals surface area contributed by atoms with Crippen LogP contribution in [0.4, 0.5) is 5.69 Å². The lowest BCUT2D eigenvalue weighted by molar-refractivity contribution is 0.0925. The molecule has 0 atom stereocenters. The van der Waals surface area contributed by atoms with E-state index in [1.807, 2.05) is 35.9 Å². The van der Waals surface area contributed by atoms with Gasteiger partial charge in [-0.2, -0.15) is 0 Å². The van der Waals surface area contributed by atoms with E-state index in [-0.39, 0.29) is 11.4 Å². The van der Waals surface area contributed by atoms with Crippen LogP contribution in [-0.2, 0) is 13.6 Å². The van der Waals surface area contributed by atoms with Gasteiger partial charge in [0.15, 0.2) is 11.6 Å². The van der Waals surface area contributed by atoms with Gasteiger partial charge in [-0.1, -0.05) is 18.9 Å². The van der Waals surface area contributed by atoms with E-state index < -0.39 is 0 Å². The molecule has 0 radical (unpaired) electrons. The third kappa shape index (κ3) is 4.47. The molecule has 3 heterocycles. The molecule has 1 saturated carbocycles. The largest absolute Gasteiger partial charge is 0.378 e. The quantitative estimate of drug-likeness (QED) is 0.555. The molecular formula is C23H26N8OS. The number of carbonyl (C=O) groups excluding carboxylic acids is 1. The van der Waals surface area contributed by atoms with Gasteiger partial charge in [0.05, 0.1) is 17.1 Å². The molecule has 1 amide bonds. The van der Waals surface area contributed by atoms with Gasteiger partial charge in [-0.3, -0.25) is 9.79 Å². The average Bonchev–Trinajstić information content (AvgIpc) is 3.61. The van der Waals surface area contributed by atoms with E-state index in [2.05, 4.69) is 35.8 Å². The van der Waals surface area contributed by atoms with Crippen LogP contribution in [0.15, 0.2) is 47.8 Å². The number of aromatic nitrogens is 5. The van der Waals surface area contributed by atoms with Crippen LogP contribution in [-0.4, -0.2) is 53.5 Å². The molecule has 2 N–H and O–H groups in total. The number of benzene rings is 1. The minimum absolute atomic E-state index is 0.0551. The standard InChI is InChI=1S/C23H26N8OS/c1-31-19(29-30-20(31)18-7-10-24-15-27-18)14-26-17-6-4-5-16(13-17)21(32)28-23(8-2-3-9-23)22-25-11-12-33-22/h4-7,10,13,15,26H,2-3,8-9,11-12,14H2,1H3,(H,28,32). The van der Waals surface area contributed by atoms with E-state index >= 15 is 0 Å². The van der Waals surface area contributed by atoms with E-state index in [4.69, 9.17) is 0 Å². The molecule has 0 spiro atoms. The number of hydrogen-bond acceptors (Lipinski definition) is 8. The van der Waals surface area contributed by atoms with E-state index in [9.17, 15) is 4.79 Å². The molecule has 2 aromatic heterocycles. The first-order valence-corrected chi connectivity index (χ1v) is 12.1. The number of hydrogen-bond donors (Lipinski definition) is 2. The van der Waals surface area contributed by atoms with Crippen LogP contribution in [0.2, 0.25) is 0 Å². The molecule has 1 fully saturated rings. The summed E-state index contributed by atoms with van der Waals surface area (Å²) in [5.41, 5.74) is 1.91. The maximum absolute atomic E-state index is 13.2. The number of rotatable bonds is 7. The molecule has 5 rings (SSSR count). The van der Waals surface area contributed by atoms with Crippen LogP contribution in [0, 0.1) is 0 Å². The van der Waals surface area contributed by atoms with E-state index in [0.29, 0.717) is 17.9 Å². The zero-order valence-corrected chi connectivity index (χ0v) is 19.3. The maximum Gasteiger partial charge on any atom is 0.252 e. The second kappa shape index (κ2) is 9.30. The smallest absolute Gasteiger partial charge is 0.252 e. The lowest BCUT2D eigenvalue weighted by atomic mass is 9.98. The molecule has 1 aliphatic heterocycles. The Kier molecular flexibility index (Phi) is 6.08.